The summed E-state index contributed by atoms with van der Waals surface area (Å²) in [5, 5.41) is 7.33. The van der Waals surface area contributed by atoms with E-state index >= 15 is 0 Å². The van der Waals surface area contributed by atoms with E-state index in [0.29, 0.717) is 36.9 Å². The minimum absolute atomic E-state index is 0.00178. The SMILES string of the molecule is O=C(NC1CCCCC1)N1CCC[C@@H](c2nc(-c3ccc(S(=O)(=O)N4CCCC4)cc3)no2)C1. The van der Waals surface area contributed by atoms with Gasteiger partial charge in [0.2, 0.25) is 21.7 Å². The van der Waals surface area contributed by atoms with E-state index in [1.165, 1.54) is 23.6 Å². The number of carbonyl (C=O) groups excluding carboxylic acids is 1. The molecule has 34 heavy (non-hydrogen) atoms. The summed E-state index contributed by atoms with van der Waals surface area (Å²) in [6.07, 6.45) is 9.35. The van der Waals surface area contributed by atoms with Gasteiger partial charge in [-0.05, 0) is 62.8 Å². The summed E-state index contributed by atoms with van der Waals surface area (Å²) in [7, 11) is -3.45. The molecule has 1 atom stereocenters. The van der Waals surface area contributed by atoms with Crippen molar-refractivity contribution in [2.45, 2.75) is 74.6 Å². The lowest BCUT2D eigenvalue weighted by atomic mass is 9.95. The molecule has 184 valence electrons. The van der Waals surface area contributed by atoms with Crippen molar-refractivity contribution < 1.29 is 17.7 Å². The van der Waals surface area contributed by atoms with Crippen molar-refractivity contribution in [1.29, 1.82) is 0 Å². The number of nitrogens with zero attached hydrogens (tertiary/aromatic N) is 4. The van der Waals surface area contributed by atoms with Crippen molar-refractivity contribution in [3.05, 3.63) is 30.2 Å². The highest BCUT2D eigenvalue weighted by atomic mass is 32.2. The highest BCUT2D eigenvalue weighted by Crippen LogP contribution is 2.29. The van der Waals surface area contributed by atoms with Crippen LogP contribution in [-0.2, 0) is 10.0 Å². The number of nitrogens with one attached hydrogen (secondary N) is 1. The number of hydrogen-bond acceptors (Lipinski definition) is 6. The highest BCUT2D eigenvalue weighted by molar-refractivity contribution is 7.89. The van der Waals surface area contributed by atoms with Gasteiger partial charge < -0.3 is 14.7 Å². The first-order valence-electron chi connectivity index (χ1n) is 12.5. The smallest absolute Gasteiger partial charge is 0.317 e. The molecule has 0 radical (unpaired) electrons. The van der Waals surface area contributed by atoms with Gasteiger partial charge in [-0.1, -0.05) is 24.4 Å². The zero-order valence-corrected chi connectivity index (χ0v) is 20.3. The van der Waals surface area contributed by atoms with Crippen LogP contribution >= 0.6 is 0 Å². The van der Waals surface area contributed by atoms with E-state index in [2.05, 4.69) is 15.5 Å². The lowest BCUT2D eigenvalue weighted by Gasteiger charge is -2.33. The lowest BCUT2D eigenvalue weighted by Crippen LogP contribution is -2.48. The molecule has 0 spiro atoms. The summed E-state index contributed by atoms with van der Waals surface area (Å²) in [4.78, 5) is 19.5. The van der Waals surface area contributed by atoms with Gasteiger partial charge in [0.05, 0.1) is 10.8 Å². The lowest BCUT2D eigenvalue weighted by molar-refractivity contribution is 0.166. The Morgan fingerprint density at radius 2 is 1.68 bits per heavy atom. The van der Waals surface area contributed by atoms with Gasteiger partial charge in [-0.25, -0.2) is 13.2 Å². The van der Waals surface area contributed by atoms with Crippen molar-refractivity contribution in [2.75, 3.05) is 26.2 Å². The zero-order chi connectivity index (χ0) is 23.5. The Hall–Kier alpha value is -2.46. The van der Waals surface area contributed by atoms with Crippen LogP contribution in [0.2, 0.25) is 0 Å². The molecule has 5 rings (SSSR count). The topological polar surface area (TPSA) is 109 Å². The minimum atomic E-state index is -3.45. The third-order valence-corrected chi connectivity index (χ3v) is 9.16. The van der Waals surface area contributed by atoms with E-state index in [4.69, 9.17) is 4.52 Å². The van der Waals surface area contributed by atoms with Gasteiger partial charge >= 0.3 is 6.03 Å². The number of rotatable bonds is 5. The third-order valence-electron chi connectivity index (χ3n) is 7.25. The second-order valence-electron chi connectivity index (χ2n) is 9.66. The maximum absolute atomic E-state index is 12.8. The first-order valence-corrected chi connectivity index (χ1v) is 13.9. The quantitative estimate of drug-likeness (QED) is 0.688. The van der Waals surface area contributed by atoms with Crippen molar-refractivity contribution in [1.82, 2.24) is 24.7 Å². The largest absolute Gasteiger partial charge is 0.339 e. The molecule has 1 N–H and O–H groups in total. The molecular formula is C24H33N5O4S. The predicted molar refractivity (Wildman–Crippen MR) is 127 cm³/mol. The number of piperidine rings is 1. The first-order chi connectivity index (χ1) is 16.5. The Bertz CT molecular complexity index is 1090. The maximum Gasteiger partial charge on any atom is 0.317 e. The predicted octanol–water partition coefficient (Wildman–Crippen LogP) is 3.74. The molecular weight excluding hydrogens is 454 g/mol. The Morgan fingerprint density at radius 3 is 2.41 bits per heavy atom. The summed E-state index contributed by atoms with van der Waals surface area (Å²) in [5.74, 6) is 0.963. The maximum atomic E-state index is 12.8. The molecule has 1 aromatic heterocycles. The van der Waals surface area contributed by atoms with E-state index in [-0.39, 0.29) is 22.9 Å². The summed E-state index contributed by atoms with van der Waals surface area (Å²) in [6.45, 7) is 2.46. The second-order valence-corrected chi connectivity index (χ2v) is 11.6. The van der Waals surface area contributed by atoms with Crippen LogP contribution in [0.3, 0.4) is 0 Å². The third kappa shape index (κ3) is 4.98. The number of sulfonamides is 1. The van der Waals surface area contributed by atoms with Gasteiger partial charge in [0.25, 0.3) is 0 Å². The molecule has 1 saturated carbocycles. The normalized spacial score (nSPS) is 22.7. The van der Waals surface area contributed by atoms with Crippen LogP contribution in [0.25, 0.3) is 11.4 Å². The molecule has 10 heteroatoms. The van der Waals surface area contributed by atoms with E-state index < -0.39 is 10.0 Å². The number of carbonyl (C=O) groups is 1. The fourth-order valence-corrected chi connectivity index (χ4v) is 6.76. The number of likely N-dealkylation sites (tertiary alicyclic amines) is 1. The van der Waals surface area contributed by atoms with Gasteiger partial charge in [0.15, 0.2) is 0 Å². The average molecular weight is 488 g/mol. The van der Waals surface area contributed by atoms with E-state index in [9.17, 15) is 13.2 Å². The highest BCUT2D eigenvalue weighted by Gasteiger charge is 2.30. The Balaban J connectivity index is 1.23. The van der Waals surface area contributed by atoms with Crippen molar-refractivity contribution in [3.63, 3.8) is 0 Å². The molecule has 3 heterocycles. The van der Waals surface area contributed by atoms with E-state index in [1.807, 2.05) is 4.90 Å². The van der Waals surface area contributed by atoms with Crippen LogP contribution in [0.5, 0.6) is 0 Å². The van der Waals surface area contributed by atoms with Crippen LogP contribution < -0.4 is 5.32 Å². The monoisotopic (exact) mass is 487 g/mol. The van der Waals surface area contributed by atoms with Gasteiger partial charge in [-0.15, -0.1) is 0 Å². The van der Waals surface area contributed by atoms with Crippen LogP contribution in [-0.4, -0.2) is 66.0 Å². The standard InChI is InChI=1S/C24H33N5O4S/c30-24(25-20-8-2-1-3-9-20)28-14-6-7-19(17-28)23-26-22(27-33-23)18-10-12-21(13-11-18)34(31,32)29-15-4-5-16-29/h10-13,19-20H,1-9,14-17H2,(H,25,30)/t19-/m1/s1. The van der Waals surface area contributed by atoms with Crippen LogP contribution in [0.4, 0.5) is 4.79 Å². The van der Waals surface area contributed by atoms with E-state index in [1.54, 1.807) is 24.3 Å². The van der Waals surface area contributed by atoms with Crippen molar-refractivity contribution in [2.24, 2.45) is 0 Å². The van der Waals surface area contributed by atoms with Crippen molar-refractivity contribution >= 4 is 16.1 Å². The molecule has 3 aliphatic rings. The molecule has 2 saturated heterocycles. The molecule has 1 aromatic carbocycles. The molecule has 2 aliphatic heterocycles. The van der Waals surface area contributed by atoms with Gasteiger partial charge in [0.1, 0.15) is 0 Å². The number of aromatic nitrogens is 2. The average Bonchev–Trinajstić information content (AvgIpc) is 3.58. The van der Waals surface area contributed by atoms with Crippen LogP contribution in [0.1, 0.15) is 69.6 Å². The molecule has 2 aromatic rings. The van der Waals surface area contributed by atoms with Gasteiger partial charge in [-0.3, -0.25) is 0 Å². The summed E-state index contributed by atoms with van der Waals surface area (Å²) >= 11 is 0. The van der Waals surface area contributed by atoms with Gasteiger partial charge in [-0.2, -0.15) is 9.29 Å². The van der Waals surface area contributed by atoms with Crippen molar-refractivity contribution in [3.8, 4) is 11.4 Å². The summed E-state index contributed by atoms with van der Waals surface area (Å²) in [6, 6.07) is 6.96. The molecule has 3 fully saturated rings. The molecule has 2 amide bonds. The van der Waals surface area contributed by atoms with E-state index in [0.717, 1.165) is 45.1 Å². The zero-order valence-electron chi connectivity index (χ0n) is 19.5. The number of urea groups is 1. The number of benzene rings is 1. The fraction of sp³-hybridized carbons (Fsp3) is 0.625. The van der Waals surface area contributed by atoms with Gasteiger partial charge in [0, 0.05) is 37.8 Å². The fourth-order valence-electron chi connectivity index (χ4n) is 5.25. The molecule has 0 bridgehead atoms. The minimum Gasteiger partial charge on any atom is -0.339 e. The second kappa shape index (κ2) is 10.0. The summed E-state index contributed by atoms with van der Waals surface area (Å²) < 4.78 is 32.6. The van der Waals surface area contributed by atoms with Crippen LogP contribution in [0, 0.1) is 0 Å². The molecule has 1 aliphatic carbocycles. The molecule has 0 unspecified atom stereocenters. The Morgan fingerprint density at radius 1 is 0.941 bits per heavy atom. The van der Waals surface area contributed by atoms with Crippen LogP contribution in [0.15, 0.2) is 33.7 Å². The number of amides is 2. The first kappa shape index (κ1) is 23.3. The molecule has 9 nitrogen and oxygen atoms in total. The Labute approximate surface area is 200 Å². The summed E-state index contributed by atoms with van der Waals surface area (Å²) in [5.41, 5.74) is 0.707. The Kier molecular flexibility index (Phi) is 6.87. The number of hydrogen-bond donors (Lipinski definition) is 1.